The topological polar surface area (TPSA) is 55.2 Å². The molecule has 2 aromatic heterocycles. The number of aryl methyl sites for hydroxylation is 1. The lowest BCUT2D eigenvalue weighted by Gasteiger charge is -2.20. The molecule has 1 fully saturated rings. The highest BCUT2D eigenvalue weighted by atomic mass is 32.1. The SMILES string of the molecule is Cc1cc2c(=O)n(CC(=O)N3CCCCCC3)cnc2s1. The Morgan fingerprint density at radius 1 is 1.29 bits per heavy atom. The van der Waals surface area contributed by atoms with Crippen molar-refractivity contribution in [1.29, 1.82) is 0 Å². The number of amides is 1. The summed E-state index contributed by atoms with van der Waals surface area (Å²) in [5, 5.41) is 0.615. The molecule has 1 aliphatic heterocycles. The number of thiophene rings is 1. The van der Waals surface area contributed by atoms with Gasteiger partial charge in [0.25, 0.3) is 5.56 Å². The summed E-state index contributed by atoms with van der Waals surface area (Å²) in [6, 6.07) is 1.85. The zero-order valence-corrected chi connectivity index (χ0v) is 13.0. The maximum atomic E-state index is 12.4. The van der Waals surface area contributed by atoms with Gasteiger partial charge in [0.15, 0.2) is 0 Å². The molecule has 1 aliphatic rings. The second-order valence-corrected chi connectivity index (χ2v) is 6.78. The van der Waals surface area contributed by atoms with Crippen LogP contribution in [0, 0.1) is 6.92 Å². The minimum Gasteiger partial charge on any atom is -0.341 e. The number of fused-ring (bicyclic) bond motifs is 1. The van der Waals surface area contributed by atoms with Gasteiger partial charge in [-0.15, -0.1) is 11.3 Å². The summed E-state index contributed by atoms with van der Waals surface area (Å²) in [4.78, 5) is 32.7. The molecule has 112 valence electrons. The van der Waals surface area contributed by atoms with Crippen molar-refractivity contribution in [3.05, 3.63) is 27.6 Å². The van der Waals surface area contributed by atoms with Gasteiger partial charge in [0.05, 0.1) is 11.7 Å². The van der Waals surface area contributed by atoms with Gasteiger partial charge in [-0.05, 0) is 25.8 Å². The normalized spacial score (nSPS) is 16.1. The number of carbonyl (C=O) groups excluding carboxylic acids is 1. The van der Waals surface area contributed by atoms with Crippen LogP contribution in [0.25, 0.3) is 10.2 Å². The molecule has 0 aliphatic carbocycles. The smallest absolute Gasteiger partial charge is 0.262 e. The molecule has 0 bridgehead atoms. The maximum Gasteiger partial charge on any atom is 0.262 e. The van der Waals surface area contributed by atoms with E-state index in [1.54, 1.807) is 0 Å². The Morgan fingerprint density at radius 3 is 2.71 bits per heavy atom. The van der Waals surface area contributed by atoms with Crippen LogP contribution in [0.4, 0.5) is 0 Å². The van der Waals surface area contributed by atoms with Crippen LogP contribution in [-0.2, 0) is 11.3 Å². The van der Waals surface area contributed by atoms with Gasteiger partial charge < -0.3 is 4.90 Å². The second-order valence-electron chi connectivity index (χ2n) is 5.55. The molecule has 0 unspecified atom stereocenters. The van der Waals surface area contributed by atoms with Crippen LogP contribution < -0.4 is 5.56 Å². The molecule has 3 rings (SSSR count). The van der Waals surface area contributed by atoms with E-state index < -0.39 is 0 Å². The van der Waals surface area contributed by atoms with E-state index >= 15 is 0 Å². The summed E-state index contributed by atoms with van der Waals surface area (Å²) in [6.45, 7) is 3.66. The summed E-state index contributed by atoms with van der Waals surface area (Å²) >= 11 is 1.50. The molecule has 21 heavy (non-hydrogen) atoms. The molecule has 6 heteroatoms. The van der Waals surface area contributed by atoms with Crippen molar-refractivity contribution in [3.63, 3.8) is 0 Å². The molecule has 2 aromatic rings. The Bertz CT molecular complexity index is 711. The average Bonchev–Trinajstić information content (AvgIpc) is 2.68. The largest absolute Gasteiger partial charge is 0.341 e. The first-order chi connectivity index (χ1) is 10.1. The van der Waals surface area contributed by atoms with Crippen molar-refractivity contribution in [2.75, 3.05) is 13.1 Å². The lowest BCUT2D eigenvalue weighted by molar-refractivity contribution is -0.131. The third kappa shape index (κ3) is 3.00. The van der Waals surface area contributed by atoms with Gasteiger partial charge in [-0.2, -0.15) is 0 Å². The zero-order valence-electron chi connectivity index (χ0n) is 12.2. The average molecular weight is 305 g/mol. The van der Waals surface area contributed by atoms with Gasteiger partial charge in [-0.3, -0.25) is 14.2 Å². The lowest BCUT2D eigenvalue weighted by atomic mass is 10.2. The number of carbonyl (C=O) groups is 1. The molecule has 0 atom stereocenters. The van der Waals surface area contributed by atoms with Gasteiger partial charge in [-0.25, -0.2) is 4.98 Å². The zero-order chi connectivity index (χ0) is 14.8. The predicted octanol–water partition coefficient (Wildman–Crippen LogP) is 2.17. The van der Waals surface area contributed by atoms with E-state index in [0.29, 0.717) is 5.39 Å². The first-order valence-electron chi connectivity index (χ1n) is 7.38. The fraction of sp³-hybridized carbons (Fsp3) is 0.533. The molecular weight excluding hydrogens is 286 g/mol. The summed E-state index contributed by atoms with van der Waals surface area (Å²) in [6.07, 6.45) is 5.98. The van der Waals surface area contributed by atoms with Gasteiger partial charge in [0.1, 0.15) is 11.4 Å². The number of hydrogen-bond donors (Lipinski definition) is 0. The molecule has 3 heterocycles. The standard InChI is InChI=1S/C15H19N3O2S/c1-11-8-12-14(21-11)16-10-18(15(12)20)9-13(19)17-6-4-2-3-5-7-17/h8,10H,2-7,9H2,1H3. The van der Waals surface area contributed by atoms with E-state index in [1.165, 1.54) is 35.1 Å². The minimum absolute atomic E-state index is 0.0205. The van der Waals surface area contributed by atoms with Crippen LogP contribution in [-0.4, -0.2) is 33.4 Å². The summed E-state index contributed by atoms with van der Waals surface area (Å²) < 4.78 is 1.43. The minimum atomic E-state index is -0.118. The molecule has 0 aromatic carbocycles. The summed E-state index contributed by atoms with van der Waals surface area (Å²) in [7, 11) is 0. The Morgan fingerprint density at radius 2 is 2.00 bits per heavy atom. The second kappa shape index (κ2) is 5.97. The fourth-order valence-electron chi connectivity index (χ4n) is 2.76. The van der Waals surface area contributed by atoms with E-state index in [1.807, 2.05) is 17.9 Å². The Labute approximate surface area is 127 Å². The van der Waals surface area contributed by atoms with Gasteiger partial charge in [0, 0.05) is 18.0 Å². The highest BCUT2D eigenvalue weighted by Gasteiger charge is 2.17. The van der Waals surface area contributed by atoms with Crippen molar-refractivity contribution in [3.8, 4) is 0 Å². The summed E-state index contributed by atoms with van der Waals surface area (Å²) in [5.41, 5.74) is -0.118. The van der Waals surface area contributed by atoms with E-state index in [9.17, 15) is 9.59 Å². The molecule has 0 spiro atoms. The number of rotatable bonds is 2. The molecule has 0 radical (unpaired) electrons. The van der Waals surface area contributed by atoms with Crippen molar-refractivity contribution in [2.24, 2.45) is 0 Å². The van der Waals surface area contributed by atoms with Gasteiger partial charge in [0.2, 0.25) is 5.91 Å². The molecule has 5 nitrogen and oxygen atoms in total. The fourth-order valence-corrected chi connectivity index (χ4v) is 3.60. The van der Waals surface area contributed by atoms with Crippen LogP contribution in [0.3, 0.4) is 0 Å². The van der Waals surface area contributed by atoms with Crippen molar-refractivity contribution in [2.45, 2.75) is 39.2 Å². The maximum absolute atomic E-state index is 12.4. The number of likely N-dealkylation sites (tertiary alicyclic amines) is 1. The van der Waals surface area contributed by atoms with E-state index in [4.69, 9.17) is 0 Å². The Kier molecular flexibility index (Phi) is 4.05. The van der Waals surface area contributed by atoms with Crippen molar-refractivity contribution >= 4 is 27.5 Å². The predicted molar refractivity (Wildman–Crippen MR) is 83.7 cm³/mol. The highest BCUT2D eigenvalue weighted by Crippen LogP contribution is 2.19. The van der Waals surface area contributed by atoms with Crippen molar-refractivity contribution < 1.29 is 4.79 Å². The molecule has 0 N–H and O–H groups in total. The quantitative estimate of drug-likeness (QED) is 0.854. The van der Waals surface area contributed by atoms with E-state index in [-0.39, 0.29) is 18.0 Å². The Balaban J connectivity index is 1.82. The molecule has 1 saturated heterocycles. The van der Waals surface area contributed by atoms with Crippen LogP contribution in [0.2, 0.25) is 0 Å². The lowest BCUT2D eigenvalue weighted by Crippen LogP contribution is -2.37. The number of aromatic nitrogens is 2. The van der Waals surface area contributed by atoms with Gasteiger partial charge in [-0.1, -0.05) is 12.8 Å². The van der Waals surface area contributed by atoms with Crippen LogP contribution >= 0.6 is 11.3 Å². The first-order valence-corrected chi connectivity index (χ1v) is 8.20. The molecular formula is C15H19N3O2S. The van der Waals surface area contributed by atoms with Crippen LogP contribution in [0.15, 0.2) is 17.2 Å². The van der Waals surface area contributed by atoms with Gasteiger partial charge >= 0.3 is 0 Å². The third-order valence-corrected chi connectivity index (χ3v) is 4.86. The van der Waals surface area contributed by atoms with Crippen LogP contribution in [0.5, 0.6) is 0 Å². The number of hydrogen-bond acceptors (Lipinski definition) is 4. The molecule has 1 amide bonds. The van der Waals surface area contributed by atoms with E-state index in [0.717, 1.165) is 35.6 Å². The monoisotopic (exact) mass is 305 g/mol. The first kappa shape index (κ1) is 14.3. The molecule has 0 saturated carbocycles. The number of nitrogens with zero attached hydrogens (tertiary/aromatic N) is 3. The highest BCUT2D eigenvalue weighted by molar-refractivity contribution is 7.18. The van der Waals surface area contributed by atoms with Crippen LogP contribution in [0.1, 0.15) is 30.6 Å². The third-order valence-electron chi connectivity index (χ3n) is 3.91. The van der Waals surface area contributed by atoms with E-state index in [2.05, 4.69) is 4.98 Å². The summed E-state index contributed by atoms with van der Waals surface area (Å²) in [5.74, 6) is 0.0205. The van der Waals surface area contributed by atoms with Crippen molar-refractivity contribution in [1.82, 2.24) is 14.5 Å². The Hall–Kier alpha value is -1.69.